The molecular formula is C10H12BrNO2. The van der Waals surface area contributed by atoms with Gasteiger partial charge < -0.3 is 10.5 Å². The molecule has 0 aromatic heterocycles. The van der Waals surface area contributed by atoms with Crippen LogP contribution >= 0.6 is 15.9 Å². The number of carbonyl (C=O) groups excluding carboxylic acids is 1. The minimum atomic E-state index is -0.0666. The summed E-state index contributed by atoms with van der Waals surface area (Å²) in [5.74, 6) is 0.498. The van der Waals surface area contributed by atoms with Crippen molar-refractivity contribution in [1.82, 2.24) is 0 Å². The monoisotopic (exact) mass is 257 g/mol. The van der Waals surface area contributed by atoms with Crippen molar-refractivity contribution in [2.24, 2.45) is 0 Å². The zero-order valence-electron chi connectivity index (χ0n) is 8.13. The number of aryl methyl sites for hydroxylation is 1. The van der Waals surface area contributed by atoms with Crippen LogP contribution in [0.2, 0.25) is 0 Å². The number of ether oxygens (including phenoxy) is 1. The van der Waals surface area contributed by atoms with E-state index in [1.54, 1.807) is 6.07 Å². The van der Waals surface area contributed by atoms with Crippen LogP contribution in [0.1, 0.15) is 15.9 Å². The molecule has 0 saturated carbocycles. The van der Waals surface area contributed by atoms with Gasteiger partial charge in [0.15, 0.2) is 5.78 Å². The third kappa shape index (κ3) is 1.90. The van der Waals surface area contributed by atoms with Crippen molar-refractivity contribution < 1.29 is 9.53 Å². The second kappa shape index (κ2) is 4.46. The highest BCUT2D eigenvalue weighted by atomic mass is 79.9. The van der Waals surface area contributed by atoms with Crippen LogP contribution in [0.4, 0.5) is 5.69 Å². The number of nitrogen functional groups attached to an aromatic ring is 1. The van der Waals surface area contributed by atoms with Gasteiger partial charge >= 0.3 is 0 Å². The molecule has 0 fully saturated rings. The molecule has 4 heteroatoms. The third-order valence-electron chi connectivity index (χ3n) is 1.99. The van der Waals surface area contributed by atoms with Crippen molar-refractivity contribution in [3.8, 4) is 5.75 Å². The first-order chi connectivity index (χ1) is 6.61. The SMILES string of the molecule is COc1c(C)ccc(N)c1C(=O)CBr. The number of methoxy groups -OCH3 is 1. The molecule has 1 aromatic rings. The molecule has 0 heterocycles. The molecule has 3 nitrogen and oxygen atoms in total. The molecule has 2 N–H and O–H groups in total. The van der Waals surface area contributed by atoms with Crippen LogP contribution in [0.5, 0.6) is 5.75 Å². The second-order valence-electron chi connectivity index (χ2n) is 2.94. The molecular weight excluding hydrogens is 246 g/mol. The maximum Gasteiger partial charge on any atom is 0.179 e. The molecule has 0 aliphatic rings. The maximum absolute atomic E-state index is 11.6. The Kier molecular flexibility index (Phi) is 3.52. The standard InChI is InChI=1S/C10H12BrNO2/c1-6-3-4-7(12)9(8(13)5-11)10(6)14-2/h3-4H,5,12H2,1-2H3. The number of hydrogen-bond acceptors (Lipinski definition) is 3. The second-order valence-corrected chi connectivity index (χ2v) is 3.50. The molecule has 0 radical (unpaired) electrons. The first-order valence-corrected chi connectivity index (χ1v) is 5.26. The lowest BCUT2D eigenvalue weighted by Gasteiger charge is -2.11. The first kappa shape index (κ1) is 11.0. The van der Waals surface area contributed by atoms with Gasteiger partial charge in [-0.05, 0) is 18.6 Å². The molecule has 1 rings (SSSR count). The summed E-state index contributed by atoms with van der Waals surface area (Å²) in [5.41, 5.74) is 7.55. The Labute approximate surface area is 91.4 Å². The Morgan fingerprint density at radius 1 is 1.57 bits per heavy atom. The van der Waals surface area contributed by atoms with Gasteiger partial charge in [-0.15, -0.1) is 0 Å². The van der Waals surface area contributed by atoms with Gasteiger partial charge in [0.25, 0.3) is 0 Å². The molecule has 0 spiro atoms. The van der Waals surface area contributed by atoms with Gasteiger partial charge in [-0.1, -0.05) is 22.0 Å². The largest absolute Gasteiger partial charge is 0.496 e. The van der Waals surface area contributed by atoms with Gasteiger partial charge in [0.2, 0.25) is 0 Å². The predicted molar refractivity (Wildman–Crippen MR) is 60.3 cm³/mol. The van der Waals surface area contributed by atoms with E-state index in [1.165, 1.54) is 7.11 Å². The smallest absolute Gasteiger partial charge is 0.179 e. The topological polar surface area (TPSA) is 52.3 Å². The summed E-state index contributed by atoms with van der Waals surface area (Å²) in [6.07, 6.45) is 0. The molecule has 0 unspecified atom stereocenters. The fourth-order valence-electron chi connectivity index (χ4n) is 1.32. The van der Waals surface area contributed by atoms with Crippen molar-refractivity contribution in [2.45, 2.75) is 6.92 Å². The minimum absolute atomic E-state index is 0.0666. The summed E-state index contributed by atoms with van der Waals surface area (Å²) in [5, 5.41) is 0.247. The van der Waals surface area contributed by atoms with E-state index in [0.29, 0.717) is 17.0 Å². The van der Waals surface area contributed by atoms with E-state index in [2.05, 4.69) is 15.9 Å². The zero-order valence-corrected chi connectivity index (χ0v) is 9.72. The highest BCUT2D eigenvalue weighted by Gasteiger charge is 2.16. The van der Waals surface area contributed by atoms with Gasteiger partial charge in [-0.25, -0.2) is 0 Å². The Morgan fingerprint density at radius 3 is 2.71 bits per heavy atom. The van der Waals surface area contributed by atoms with E-state index >= 15 is 0 Å². The Morgan fingerprint density at radius 2 is 2.21 bits per heavy atom. The van der Waals surface area contributed by atoms with Gasteiger partial charge in [-0.2, -0.15) is 0 Å². The van der Waals surface area contributed by atoms with Crippen LogP contribution in [0.15, 0.2) is 12.1 Å². The van der Waals surface area contributed by atoms with Crippen LogP contribution in [0, 0.1) is 6.92 Å². The highest BCUT2D eigenvalue weighted by Crippen LogP contribution is 2.29. The number of rotatable bonds is 3. The average Bonchev–Trinajstić information content (AvgIpc) is 2.19. The summed E-state index contributed by atoms with van der Waals surface area (Å²) >= 11 is 3.11. The van der Waals surface area contributed by atoms with Crippen LogP contribution in [0.3, 0.4) is 0 Å². The molecule has 1 aromatic carbocycles. The number of carbonyl (C=O) groups is 1. The number of benzene rings is 1. The van der Waals surface area contributed by atoms with E-state index in [1.807, 2.05) is 13.0 Å². The molecule has 0 bridgehead atoms. The van der Waals surface area contributed by atoms with Gasteiger partial charge in [0.05, 0.1) is 18.0 Å². The fourth-order valence-corrected chi connectivity index (χ4v) is 1.60. The van der Waals surface area contributed by atoms with Gasteiger partial charge in [0, 0.05) is 5.69 Å². The van der Waals surface area contributed by atoms with E-state index in [4.69, 9.17) is 10.5 Å². The number of hydrogen-bond donors (Lipinski definition) is 1. The number of anilines is 1. The van der Waals surface area contributed by atoms with Crippen LogP contribution < -0.4 is 10.5 Å². The Bertz CT molecular complexity index is 363. The third-order valence-corrected chi connectivity index (χ3v) is 2.50. The molecule has 0 aliphatic heterocycles. The van der Waals surface area contributed by atoms with Crippen LogP contribution in [-0.4, -0.2) is 18.2 Å². The number of Topliss-reactive ketones (excluding diaryl/α,β-unsaturated/α-hetero) is 1. The molecule has 0 amide bonds. The first-order valence-electron chi connectivity index (χ1n) is 4.14. The lowest BCUT2D eigenvalue weighted by molar-refractivity contribution is 0.102. The summed E-state index contributed by atoms with van der Waals surface area (Å²) < 4.78 is 5.16. The average molecular weight is 258 g/mol. The van der Waals surface area contributed by atoms with Crippen molar-refractivity contribution in [1.29, 1.82) is 0 Å². The van der Waals surface area contributed by atoms with E-state index in [9.17, 15) is 4.79 Å². The lowest BCUT2D eigenvalue weighted by Crippen LogP contribution is -2.08. The summed E-state index contributed by atoms with van der Waals surface area (Å²) in [7, 11) is 1.53. The molecule has 0 aliphatic carbocycles. The molecule has 0 atom stereocenters. The van der Waals surface area contributed by atoms with Crippen molar-refractivity contribution in [3.05, 3.63) is 23.3 Å². The van der Waals surface area contributed by atoms with Crippen LogP contribution in [0.25, 0.3) is 0 Å². The predicted octanol–water partition coefficient (Wildman–Crippen LogP) is 2.16. The Hall–Kier alpha value is -1.03. The minimum Gasteiger partial charge on any atom is -0.496 e. The van der Waals surface area contributed by atoms with E-state index in [0.717, 1.165) is 5.56 Å². The Balaban J connectivity index is 3.37. The van der Waals surface area contributed by atoms with Crippen LogP contribution in [-0.2, 0) is 0 Å². The highest BCUT2D eigenvalue weighted by molar-refractivity contribution is 9.09. The zero-order chi connectivity index (χ0) is 10.7. The quantitative estimate of drug-likeness (QED) is 0.513. The molecule has 14 heavy (non-hydrogen) atoms. The maximum atomic E-state index is 11.6. The number of ketones is 1. The summed E-state index contributed by atoms with van der Waals surface area (Å²) in [4.78, 5) is 11.6. The summed E-state index contributed by atoms with van der Waals surface area (Å²) in [6, 6.07) is 3.55. The normalized spacial score (nSPS) is 9.93. The lowest BCUT2D eigenvalue weighted by atomic mass is 10.0. The van der Waals surface area contributed by atoms with Crippen molar-refractivity contribution in [3.63, 3.8) is 0 Å². The van der Waals surface area contributed by atoms with Gasteiger partial charge in [-0.3, -0.25) is 4.79 Å². The van der Waals surface area contributed by atoms with Crippen molar-refractivity contribution in [2.75, 3.05) is 18.2 Å². The van der Waals surface area contributed by atoms with E-state index < -0.39 is 0 Å². The molecule has 76 valence electrons. The number of halogens is 1. The van der Waals surface area contributed by atoms with E-state index in [-0.39, 0.29) is 11.1 Å². The number of alkyl halides is 1. The summed E-state index contributed by atoms with van der Waals surface area (Å²) in [6.45, 7) is 1.88. The number of nitrogens with two attached hydrogens (primary N) is 1. The fraction of sp³-hybridized carbons (Fsp3) is 0.300. The molecule has 0 saturated heterocycles. The van der Waals surface area contributed by atoms with Gasteiger partial charge in [0.1, 0.15) is 5.75 Å². The van der Waals surface area contributed by atoms with Crippen molar-refractivity contribution >= 4 is 27.4 Å².